The van der Waals surface area contributed by atoms with E-state index in [1.54, 1.807) is 54.6 Å². The van der Waals surface area contributed by atoms with Crippen molar-refractivity contribution in [1.82, 2.24) is 10.6 Å². The van der Waals surface area contributed by atoms with E-state index < -0.39 is 41.8 Å². The number of carbonyl (C=O) groups is 3. The smallest absolute Gasteiger partial charge is 0.416 e. The summed E-state index contributed by atoms with van der Waals surface area (Å²) in [5, 5.41) is 5.03. The summed E-state index contributed by atoms with van der Waals surface area (Å²) in [5.74, 6) is -1.58. The highest BCUT2D eigenvalue weighted by atomic mass is 19.4. The summed E-state index contributed by atoms with van der Waals surface area (Å²) >= 11 is 0. The molecule has 0 saturated heterocycles. The SMILES string of the molecule is COC(=O)[C@H](Cc1cccc(C(F)(F)F)c1)NC(=O)[C@H](Cc1ccccc1)NC(=O)OCc1ccccc1. The fraction of sp³-hybridized carbons (Fsp3) is 0.250. The number of esters is 1. The van der Waals surface area contributed by atoms with Crippen molar-refractivity contribution in [3.05, 3.63) is 107 Å². The molecule has 2 N–H and O–H groups in total. The first-order chi connectivity index (χ1) is 18.2. The van der Waals surface area contributed by atoms with Crippen LogP contribution in [0.25, 0.3) is 0 Å². The number of alkyl carbamates (subject to hydrolysis) is 1. The predicted molar refractivity (Wildman–Crippen MR) is 133 cm³/mol. The summed E-state index contributed by atoms with van der Waals surface area (Å²) in [5.41, 5.74) is 0.766. The summed E-state index contributed by atoms with van der Waals surface area (Å²) in [7, 11) is 1.11. The average molecular weight is 529 g/mol. The molecule has 3 rings (SSSR count). The van der Waals surface area contributed by atoms with E-state index >= 15 is 0 Å². The van der Waals surface area contributed by atoms with Gasteiger partial charge in [-0.05, 0) is 22.8 Å². The zero-order valence-corrected chi connectivity index (χ0v) is 20.5. The van der Waals surface area contributed by atoms with Crippen LogP contribution in [0.3, 0.4) is 0 Å². The number of benzene rings is 3. The first kappa shape index (κ1) is 28.2. The van der Waals surface area contributed by atoms with Crippen molar-refractivity contribution in [2.45, 2.75) is 37.7 Å². The third-order valence-corrected chi connectivity index (χ3v) is 5.60. The van der Waals surface area contributed by atoms with Crippen molar-refractivity contribution in [3.8, 4) is 0 Å². The van der Waals surface area contributed by atoms with Crippen molar-refractivity contribution in [2.75, 3.05) is 7.11 Å². The van der Waals surface area contributed by atoms with Crippen molar-refractivity contribution in [3.63, 3.8) is 0 Å². The summed E-state index contributed by atoms with van der Waals surface area (Å²) in [6.45, 7) is -0.0211. The van der Waals surface area contributed by atoms with Crippen LogP contribution in [0.4, 0.5) is 18.0 Å². The highest BCUT2D eigenvalue weighted by Crippen LogP contribution is 2.29. The van der Waals surface area contributed by atoms with Crippen LogP contribution in [0.15, 0.2) is 84.9 Å². The lowest BCUT2D eigenvalue weighted by Gasteiger charge is -2.22. The first-order valence-corrected chi connectivity index (χ1v) is 11.7. The molecule has 2 atom stereocenters. The molecular formula is C28H27F3N2O5. The molecule has 200 valence electrons. The molecule has 0 heterocycles. The highest BCUT2D eigenvalue weighted by Gasteiger charge is 2.32. The van der Waals surface area contributed by atoms with Gasteiger partial charge >= 0.3 is 18.2 Å². The van der Waals surface area contributed by atoms with Gasteiger partial charge in [0.05, 0.1) is 12.7 Å². The molecule has 0 aliphatic heterocycles. The van der Waals surface area contributed by atoms with Gasteiger partial charge in [-0.25, -0.2) is 9.59 Å². The number of hydrogen-bond acceptors (Lipinski definition) is 5. The standard InChI is InChI=1S/C28H27F3N2O5/c1-37-26(35)24(17-21-13-8-14-22(15-21)28(29,30)31)32-25(34)23(16-19-9-4-2-5-10-19)33-27(36)38-18-20-11-6-3-7-12-20/h2-15,23-24H,16-18H2,1H3,(H,32,34)(H,33,36)/t23-,24-/m0/s1. The molecule has 2 amide bonds. The molecule has 0 fully saturated rings. The molecule has 0 saturated carbocycles. The molecule has 0 aliphatic carbocycles. The Bertz CT molecular complexity index is 1220. The second-order valence-electron chi connectivity index (χ2n) is 8.43. The molecule has 3 aromatic rings. The van der Waals surface area contributed by atoms with E-state index in [-0.39, 0.29) is 25.0 Å². The number of rotatable bonds is 10. The molecule has 0 aromatic heterocycles. The van der Waals surface area contributed by atoms with Crippen molar-refractivity contribution >= 4 is 18.0 Å². The van der Waals surface area contributed by atoms with Gasteiger partial charge < -0.3 is 20.1 Å². The van der Waals surface area contributed by atoms with Crippen LogP contribution in [0.1, 0.15) is 22.3 Å². The lowest BCUT2D eigenvalue weighted by molar-refractivity contribution is -0.145. The van der Waals surface area contributed by atoms with Crippen LogP contribution in [0.2, 0.25) is 0 Å². The van der Waals surface area contributed by atoms with Gasteiger partial charge in [0.2, 0.25) is 5.91 Å². The van der Waals surface area contributed by atoms with Gasteiger partial charge in [0.15, 0.2) is 0 Å². The van der Waals surface area contributed by atoms with E-state index in [1.807, 2.05) is 6.07 Å². The zero-order chi connectivity index (χ0) is 27.5. The number of carbonyl (C=O) groups excluding carboxylic acids is 3. The molecule has 7 nitrogen and oxygen atoms in total. The number of halogens is 3. The van der Waals surface area contributed by atoms with Crippen LogP contribution in [-0.4, -0.2) is 37.2 Å². The lowest BCUT2D eigenvalue weighted by atomic mass is 10.0. The number of ether oxygens (including phenoxy) is 2. The quantitative estimate of drug-likeness (QED) is 0.380. The minimum atomic E-state index is -4.56. The first-order valence-electron chi connectivity index (χ1n) is 11.7. The molecule has 0 spiro atoms. The average Bonchev–Trinajstić information content (AvgIpc) is 2.91. The molecule has 0 radical (unpaired) electrons. The van der Waals surface area contributed by atoms with Crippen molar-refractivity contribution < 1.29 is 37.0 Å². The zero-order valence-electron chi connectivity index (χ0n) is 20.5. The van der Waals surface area contributed by atoms with Gasteiger partial charge in [0.25, 0.3) is 0 Å². The lowest BCUT2D eigenvalue weighted by Crippen LogP contribution is -2.53. The molecule has 0 aliphatic rings. The second-order valence-corrected chi connectivity index (χ2v) is 8.43. The van der Waals surface area contributed by atoms with Crippen LogP contribution < -0.4 is 10.6 Å². The van der Waals surface area contributed by atoms with Gasteiger partial charge in [-0.3, -0.25) is 4.79 Å². The summed E-state index contributed by atoms with van der Waals surface area (Å²) in [6, 6.07) is 19.8. The second kappa shape index (κ2) is 13.3. The molecule has 0 bridgehead atoms. The maximum Gasteiger partial charge on any atom is 0.416 e. The molecule has 38 heavy (non-hydrogen) atoms. The molecule has 0 unspecified atom stereocenters. The van der Waals surface area contributed by atoms with Gasteiger partial charge in [-0.2, -0.15) is 13.2 Å². The fourth-order valence-electron chi connectivity index (χ4n) is 3.68. The number of alkyl halides is 3. The van der Waals surface area contributed by atoms with Gasteiger partial charge in [-0.15, -0.1) is 0 Å². The van der Waals surface area contributed by atoms with E-state index in [2.05, 4.69) is 10.6 Å². The number of hydrogen-bond donors (Lipinski definition) is 2. The maximum absolute atomic E-state index is 13.2. The summed E-state index contributed by atoms with van der Waals surface area (Å²) in [6.07, 6.45) is -5.59. The molecule has 3 aromatic carbocycles. The van der Waals surface area contributed by atoms with E-state index in [0.717, 1.165) is 30.4 Å². The number of methoxy groups -OCH3 is 1. The third kappa shape index (κ3) is 8.65. The minimum absolute atomic E-state index is 0.0211. The predicted octanol–water partition coefficient (Wildman–Crippen LogP) is 4.44. The largest absolute Gasteiger partial charge is 0.467 e. The summed E-state index contributed by atoms with van der Waals surface area (Å²) < 4.78 is 49.4. The van der Waals surface area contributed by atoms with Gasteiger partial charge in [-0.1, -0.05) is 78.9 Å². The molecule has 10 heteroatoms. The highest BCUT2D eigenvalue weighted by molar-refractivity contribution is 5.90. The Kier molecular flexibility index (Phi) is 9.86. The minimum Gasteiger partial charge on any atom is -0.467 e. The van der Waals surface area contributed by atoms with Crippen molar-refractivity contribution in [2.24, 2.45) is 0 Å². The Morgan fingerprint density at radius 3 is 1.95 bits per heavy atom. The van der Waals surface area contributed by atoms with Gasteiger partial charge in [0.1, 0.15) is 18.7 Å². The normalized spacial score (nSPS) is 12.6. The Morgan fingerprint density at radius 1 is 0.763 bits per heavy atom. The van der Waals surface area contributed by atoms with Crippen LogP contribution >= 0.6 is 0 Å². The third-order valence-electron chi connectivity index (χ3n) is 5.60. The van der Waals surface area contributed by atoms with Crippen LogP contribution in [0.5, 0.6) is 0 Å². The Balaban J connectivity index is 1.75. The van der Waals surface area contributed by atoms with Gasteiger partial charge in [0, 0.05) is 12.8 Å². The Hall–Kier alpha value is -4.34. The Labute approximate surface area is 218 Å². The Morgan fingerprint density at radius 2 is 1.34 bits per heavy atom. The topological polar surface area (TPSA) is 93.7 Å². The van der Waals surface area contributed by atoms with Crippen LogP contribution in [-0.2, 0) is 44.7 Å². The molecular weight excluding hydrogens is 501 g/mol. The van der Waals surface area contributed by atoms with E-state index in [1.165, 1.54) is 12.1 Å². The van der Waals surface area contributed by atoms with E-state index in [0.29, 0.717) is 0 Å². The number of nitrogens with one attached hydrogen (secondary N) is 2. The fourth-order valence-corrected chi connectivity index (χ4v) is 3.68. The monoisotopic (exact) mass is 528 g/mol. The summed E-state index contributed by atoms with van der Waals surface area (Å²) in [4.78, 5) is 38.2. The maximum atomic E-state index is 13.2. The van der Waals surface area contributed by atoms with E-state index in [9.17, 15) is 27.6 Å². The number of amides is 2. The van der Waals surface area contributed by atoms with E-state index in [4.69, 9.17) is 9.47 Å². The van der Waals surface area contributed by atoms with Crippen LogP contribution in [0, 0.1) is 0 Å². The van der Waals surface area contributed by atoms with Crippen molar-refractivity contribution in [1.29, 1.82) is 0 Å².